The Balaban J connectivity index is 2.79. The van der Waals surface area contributed by atoms with Crippen molar-refractivity contribution >= 4 is 17.4 Å². The molecule has 1 rings (SSSR count). The molecule has 0 aliphatic rings. The summed E-state index contributed by atoms with van der Waals surface area (Å²) in [6, 6.07) is 5.78. The summed E-state index contributed by atoms with van der Waals surface area (Å²) in [5.41, 5.74) is 8.77. The first-order valence-electron chi connectivity index (χ1n) is 6.72. The van der Waals surface area contributed by atoms with Crippen LogP contribution in [0.3, 0.4) is 0 Å². The van der Waals surface area contributed by atoms with Gasteiger partial charge in [0, 0.05) is 5.69 Å². The Morgan fingerprint density at radius 1 is 1.40 bits per heavy atom. The highest BCUT2D eigenvalue weighted by Gasteiger charge is 2.16. The van der Waals surface area contributed by atoms with Gasteiger partial charge in [-0.25, -0.2) is 4.79 Å². The van der Waals surface area contributed by atoms with Gasteiger partial charge >= 0.3 is 6.09 Å². The Bertz CT molecular complexity index is 502. The van der Waals surface area contributed by atoms with Crippen molar-refractivity contribution in [1.29, 1.82) is 0 Å². The lowest BCUT2D eigenvalue weighted by Crippen LogP contribution is -2.27. The molecule has 3 N–H and O–H groups in total. The average Bonchev–Trinajstić information content (AvgIpc) is 2.29. The summed E-state index contributed by atoms with van der Waals surface area (Å²) in [7, 11) is 0. The van der Waals surface area contributed by atoms with E-state index in [9.17, 15) is 4.79 Å². The van der Waals surface area contributed by atoms with Gasteiger partial charge in [-0.3, -0.25) is 5.32 Å². The number of nitrogens with one attached hydrogen (secondary N) is 1. The molecule has 0 fully saturated rings. The number of ether oxygens (including phenoxy) is 1. The van der Waals surface area contributed by atoms with Gasteiger partial charge in [-0.1, -0.05) is 12.6 Å². The van der Waals surface area contributed by atoms with Crippen LogP contribution in [0.1, 0.15) is 38.3 Å². The third-order valence-corrected chi connectivity index (χ3v) is 2.72. The Hall–Kier alpha value is -1.81. The van der Waals surface area contributed by atoms with Crippen LogP contribution in [0.15, 0.2) is 24.8 Å². The van der Waals surface area contributed by atoms with Gasteiger partial charge in [0.1, 0.15) is 5.60 Å². The molecular weight excluding hydrogens is 252 g/mol. The molecule has 0 atom stereocenters. The Labute approximate surface area is 121 Å². The fraction of sp³-hybridized carbons (Fsp3) is 0.438. The van der Waals surface area contributed by atoms with Crippen LogP contribution in [0.2, 0.25) is 0 Å². The lowest BCUT2D eigenvalue weighted by molar-refractivity contribution is 0.0636. The van der Waals surface area contributed by atoms with E-state index in [-0.39, 0.29) is 0 Å². The zero-order chi connectivity index (χ0) is 15.3. The molecule has 0 spiro atoms. The van der Waals surface area contributed by atoms with Crippen LogP contribution in [0, 0.1) is 6.92 Å². The third-order valence-electron chi connectivity index (χ3n) is 2.72. The van der Waals surface area contributed by atoms with E-state index in [1.54, 1.807) is 0 Å². The third kappa shape index (κ3) is 5.05. The smallest absolute Gasteiger partial charge is 0.412 e. The SMILES string of the molecule is C=C(CCN)c1ccc(NC(=O)OC(C)(C)C)c(C)c1. The minimum absolute atomic E-state index is 0.450. The first-order chi connectivity index (χ1) is 9.23. The van der Waals surface area contributed by atoms with Crippen molar-refractivity contribution in [1.82, 2.24) is 0 Å². The summed E-state index contributed by atoms with van der Waals surface area (Å²) in [6.07, 6.45) is 0.312. The number of aryl methyl sites for hydroxylation is 1. The van der Waals surface area contributed by atoms with Crippen molar-refractivity contribution in [3.63, 3.8) is 0 Å². The molecule has 0 aromatic heterocycles. The van der Waals surface area contributed by atoms with Gasteiger partial charge in [-0.05, 0) is 69.5 Å². The zero-order valence-electron chi connectivity index (χ0n) is 12.7. The molecule has 1 aromatic rings. The lowest BCUT2D eigenvalue weighted by atomic mass is 10.0. The van der Waals surface area contributed by atoms with E-state index < -0.39 is 11.7 Å². The minimum atomic E-state index is -0.507. The van der Waals surface area contributed by atoms with E-state index in [0.717, 1.165) is 28.8 Å². The van der Waals surface area contributed by atoms with Gasteiger partial charge in [0.05, 0.1) is 0 Å². The molecule has 0 unspecified atom stereocenters. The summed E-state index contributed by atoms with van der Waals surface area (Å²) in [5.74, 6) is 0. The zero-order valence-corrected chi connectivity index (χ0v) is 12.7. The van der Waals surface area contributed by atoms with Crippen LogP contribution in [0.5, 0.6) is 0 Å². The molecule has 0 heterocycles. The molecule has 0 aliphatic carbocycles. The van der Waals surface area contributed by atoms with E-state index in [2.05, 4.69) is 11.9 Å². The van der Waals surface area contributed by atoms with E-state index >= 15 is 0 Å². The molecule has 110 valence electrons. The Morgan fingerprint density at radius 3 is 2.55 bits per heavy atom. The molecule has 4 heteroatoms. The topological polar surface area (TPSA) is 64.3 Å². The maximum absolute atomic E-state index is 11.7. The van der Waals surface area contributed by atoms with Crippen LogP contribution >= 0.6 is 0 Å². The standard InChI is InChI=1S/C16H24N2O2/c1-11(8-9-17)13-6-7-14(12(2)10-13)18-15(19)20-16(3,4)5/h6-7,10H,1,8-9,17H2,2-5H3,(H,18,19). The summed E-state index contributed by atoms with van der Waals surface area (Å²) in [5, 5.41) is 2.75. The van der Waals surface area contributed by atoms with Gasteiger partial charge in [0.2, 0.25) is 0 Å². The molecule has 0 saturated carbocycles. The summed E-state index contributed by atoms with van der Waals surface area (Å²) in [4.78, 5) is 11.7. The maximum atomic E-state index is 11.7. The van der Waals surface area contributed by atoms with Gasteiger partial charge in [-0.15, -0.1) is 0 Å². The molecule has 1 aromatic carbocycles. The quantitative estimate of drug-likeness (QED) is 0.881. The van der Waals surface area contributed by atoms with Gasteiger partial charge < -0.3 is 10.5 Å². The van der Waals surface area contributed by atoms with E-state index in [1.165, 1.54) is 0 Å². The van der Waals surface area contributed by atoms with Crippen LogP contribution in [0.25, 0.3) is 5.57 Å². The van der Waals surface area contributed by atoms with Crippen molar-refractivity contribution in [2.75, 3.05) is 11.9 Å². The van der Waals surface area contributed by atoms with Gasteiger partial charge in [-0.2, -0.15) is 0 Å². The lowest BCUT2D eigenvalue weighted by Gasteiger charge is -2.20. The van der Waals surface area contributed by atoms with Crippen LogP contribution in [-0.4, -0.2) is 18.2 Å². The van der Waals surface area contributed by atoms with Gasteiger partial charge in [0.15, 0.2) is 0 Å². The first kappa shape index (κ1) is 16.2. The predicted molar refractivity (Wildman–Crippen MR) is 83.7 cm³/mol. The number of anilines is 1. The molecule has 4 nitrogen and oxygen atoms in total. The fourth-order valence-electron chi connectivity index (χ4n) is 1.76. The van der Waals surface area contributed by atoms with E-state index in [0.29, 0.717) is 6.54 Å². The highest BCUT2D eigenvalue weighted by molar-refractivity contribution is 5.86. The number of amides is 1. The minimum Gasteiger partial charge on any atom is -0.444 e. The molecule has 0 radical (unpaired) electrons. The van der Waals surface area contributed by atoms with Crippen molar-refractivity contribution in [2.45, 2.75) is 39.7 Å². The fourth-order valence-corrected chi connectivity index (χ4v) is 1.76. The van der Waals surface area contributed by atoms with Crippen molar-refractivity contribution < 1.29 is 9.53 Å². The Morgan fingerprint density at radius 2 is 2.05 bits per heavy atom. The van der Waals surface area contributed by atoms with Crippen molar-refractivity contribution in [3.05, 3.63) is 35.9 Å². The van der Waals surface area contributed by atoms with Gasteiger partial charge in [0.25, 0.3) is 0 Å². The number of hydrogen-bond donors (Lipinski definition) is 2. The summed E-state index contributed by atoms with van der Waals surface area (Å²) < 4.78 is 5.23. The normalized spacial score (nSPS) is 11.1. The maximum Gasteiger partial charge on any atom is 0.412 e. The molecule has 0 saturated heterocycles. The molecule has 1 amide bonds. The second-order valence-corrected chi connectivity index (χ2v) is 5.80. The molecular formula is C16H24N2O2. The highest BCUT2D eigenvalue weighted by atomic mass is 16.6. The second-order valence-electron chi connectivity index (χ2n) is 5.80. The molecule has 20 heavy (non-hydrogen) atoms. The summed E-state index contributed by atoms with van der Waals surface area (Å²) >= 11 is 0. The van der Waals surface area contributed by atoms with Crippen molar-refractivity contribution in [2.24, 2.45) is 5.73 Å². The Kier molecular flexibility index (Phi) is 5.34. The molecule has 0 bridgehead atoms. The largest absolute Gasteiger partial charge is 0.444 e. The number of carbonyl (C=O) groups is 1. The van der Waals surface area contributed by atoms with Crippen molar-refractivity contribution in [3.8, 4) is 0 Å². The molecule has 0 aliphatic heterocycles. The van der Waals surface area contributed by atoms with E-state index in [1.807, 2.05) is 45.9 Å². The number of nitrogens with two attached hydrogens (primary N) is 1. The average molecular weight is 276 g/mol. The number of rotatable bonds is 4. The first-order valence-corrected chi connectivity index (χ1v) is 6.72. The monoisotopic (exact) mass is 276 g/mol. The number of hydrogen-bond acceptors (Lipinski definition) is 3. The number of carbonyl (C=O) groups excluding carboxylic acids is 1. The van der Waals surface area contributed by atoms with Crippen LogP contribution < -0.4 is 11.1 Å². The summed E-state index contributed by atoms with van der Waals surface area (Å²) in [6.45, 7) is 12.0. The van der Waals surface area contributed by atoms with E-state index in [4.69, 9.17) is 10.5 Å². The van der Waals surface area contributed by atoms with Crippen LogP contribution in [0.4, 0.5) is 10.5 Å². The highest BCUT2D eigenvalue weighted by Crippen LogP contribution is 2.23. The van der Waals surface area contributed by atoms with Crippen LogP contribution in [-0.2, 0) is 4.74 Å². The second kappa shape index (κ2) is 6.57. The predicted octanol–water partition coefficient (Wildman–Crippen LogP) is 3.70. The number of benzene rings is 1.